The first-order chi connectivity index (χ1) is 19.0. The Balaban J connectivity index is 1.48. The fourth-order valence-electron chi connectivity index (χ4n) is 6.11. The molecule has 0 N–H and O–H groups in total. The van der Waals surface area contributed by atoms with Crippen LogP contribution in [0.4, 0.5) is 10.1 Å². The number of amides is 1. The molecule has 0 radical (unpaired) electrons. The minimum atomic E-state index is -3.29. The summed E-state index contributed by atoms with van der Waals surface area (Å²) in [6, 6.07) is 9.93. The van der Waals surface area contributed by atoms with Gasteiger partial charge < -0.3 is 14.0 Å². The highest BCUT2D eigenvalue weighted by molar-refractivity contribution is 7.88. The van der Waals surface area contributed by atoms with Gasteiger partial charge in [0, 0.05) is 36.8 Å². The van der Waals surface area contributed by atoms with Crippen LogP contribution in [0.25, 0.3) is 22.2 Å². The summed E-state index contributed by atoms with van der Waals surface area (Å²) in [5, 5.41) is 4.03. The van der Waals surface area contributed by atoms with Gasteiger partial charge in [0.15, 0.2) is 0 Å². The maximum absolute atomic E-state index is 14.0. The second-order valence-corrected chi connectivity index (χ2v) is 12.9. The third-order valence-corrected chi connectivity index (χ3v) is 9.58. The molecule has 0 bridgehead atoms. The van der Waals surface area contributed by atoms with Crippen molar-refractivity contribution in [2.24, 2.45) is 0 Å². The van der Waals surface area contributed by atoms with Crippen LogP contribution < -0.4 is 4.90 Å². The Kier molecular flexibility index (Phi) is 6.71. The number of benzene rings is 2. The molecule has 0 saturated carbocycles. The molecule has 2 saturated heterocycles. The first-order valence-corrected chi connectivity index (χ1v) is 15.4. The minimum Gasteiger partial charge on any atom is -0.361 e. The molecule has 6 rings (SSSR count). The Bertz CT molecular complexity index is 1720. The van der Waals surface area contributed by atoms with Crippen molar-refractivity contribution >= 4 is 44.3 Å². The molecule has 0 aliphatic carbocycles. The van der Waals surface area contributed by atoms with Gasteiger partial charge in [0.25, 0.3) is 0 Å². The molecule has 12 heteroatoms. The molecule has 4 aromatic rings. The molecule has 9 nitrogen and oxygen atoms in total. The highest BCUT2D eigenvalue weighted by Crippen LogP contribution is 2.42. The van der Waals surface area contributed by atoms with Gasteiger partial charge in [0.1, 0.15) is 17.4 Å². The molecule has 0 spiro atoms. The van der Waals surface area contributed by atoms with Crippen molar-refractivity contribution in [3.8, 4) is 11.1 Å². The molecule has 4 heterocycles. The number of imidazole rings is 1. The first-order valence-electron chi connectivity index (χ1n) is 13.2. The maximum atomic E-state index is 14.0. The van der Waals surface area contributed by atoms with E-state index >= 15 is 0 Å². The first kappa shape index (κ1) is 26.9. The second-order valence-electron chi connectivity index (χ2n) is 10.6. The lowest BCUT2D eigenvalue weighted by atomic mass is 10.0. The van der Waals surface area contributed by atoms with Crippen LogP contribution in [0.2, 0.25) is 5.02 Å². The van der Waals surface area contributed by atoms with E-state index < -0.39 is 21.9 Å². The van der Waals surface area contributed by atoms with Gasteiger partial charge in [-0.05, 0) is 69.0 Å². The number of rotatable bonds is 5. The lowest BCUT2D eigenvalue weighted by Gasteiger charge is -2.34. The van der Waals surface area contributed by atoms with E-state index in [0.29, 0.717) is 50.2 Å². The zero-order valence-electron chi connectivity index (χ0n) is 22.4. The summed E-state index contributed by atoms with van der Waals surface area (Å²) in [5.74, 6) is 0.792. The number of carbonyl (C=O) groups excluding carboxylic acids is 1. The lowest BCUT2D eigenvalue weighted by molar-refractivity contribution is -0.117. The van der Waals surface area contributed by atoms with E-state index in [2.05, 4.69) is 9.72 Å². The monoisotopic (exact) mass is 585 g/mol. The van der Waals surface area contributed by atoms with Crippen molar-refractivity contribution in [1.82, 2.24) is 19.0 Å². The van der Waals surface area contributed by atoms with Crippen LogP contribution in [-0.2, 0) is 14.8 Å². The fourth-order valence-corrected chi connectivity index (χ4v) is 7.15. The minimum absolute atomic E-state index is 0.0164. The Morgan fingerprint density at radius 2 is 1.82 bits per heavy atom. The van der Waals surface area contributed by atoms with Gasteiger partial charge in [-0.3, -0.25) is 4.79 Å². The van der Waals surface area contributed by atoms with E-state index in [9.17, 15) is 17.6 Å². The number of halogens is 2. The molecule has 210 valence electrons. The van der Waals surface area contributed by atoms with Crippen molar-refractivity contribution < 1.29 is 22.1 Å². The number of aryl methyl sites for hydroxylation is 2. The van der Waals surface area contributed by atoms with Crippen LogP contribution in [0, 0.1) is 19.7 Å². The smallest absolute Gasteiger partial charge is 0.227 e. The molecule has 40 heavy (non-hydrogen) atoms. The highest BCUT2D eigenvalue weighted by atomic mass is 35.5. The van der Waals surface area contributed by atoms with Crippen molar-refractivity contribution in [2.75, 3.05) is 24.2 Å². The average molecular weight is 586 g/mol. The molecule has 1 atom stereocenters. The van der Waals surface area contributed by atoms with Gasteiger partial charge >= 0.3 is 0 Å². The third kappa shape index (κ3) is 4.59. The Morgan fingerprint density at radius 3 is 2.48 bits per heavy atom. The van der Waals surface area contributed by atoms with E-state index in [1.54, 1.807) is 11.0 Å². The van der Waals surface area contributed by atoms with Gasteiger partial charge in [-0.25, -0.2) is 22.1 Å². The predicted molar refractivity (Wildman–Crippen MR) is 150 cm³/mol. The molecule has 2 aromatic carbocycles. The van der Waals surface area contributed by atoms with Gasteiger partial charge in [-0.15, -0.1) is 0 Å². The molecule has 2 aliphatic rings. The molecule has 2 aliphatic heterocycles. The summed E-state index contributed by atoms with van der Waals surface area (Å²) in [6.07, 6.45) is 3.31. The molecular formula is C28H29ClFN5O4S. The summed E-state index contributed by atoms with van der Waals surface area (Å²) < 4.78 is 47.4. The Hall–Kier alpha value is -3.28. The summed E-state index contributed by atoms with van der Waals surface area (Å²) in [7, 11) is -3.29. The third-order valence-electron chi connectivity index (χ3n) is 7.99. The number of anilines is 1. The lowest BCUT2D eigenvalue weighted by Crippen LogP contribution is -2.39. The topological polar surface area (TPSA) is 102 Å². The molecular weight excluding hydrogens is 557 g/mol. The van der Waals surface area contributed by atoms with Gasteiger partial charge in [0.2, 0.25) is 15.9 Å². The van der Waals surface area contributed by atoms with Crippen molar-refractivity contribution in [1.29, 1.82) is 0 Å². The van der Waals surface area contributed by atoms with Gasteiger partial charge in [-0.1, -0.05) is 22.8 Å². The number of fused-ring (bicyclic) bond motifs is 1. The number of piperidine rings is 1. The van der Waals surface area contributed by atoms with Crippen LogP contribution in [0.15, 0.2) is 40.9 Å². The van der Waals surface area contributed by atoms with Crippen molar-refractivity contribution in [3.63, 3.8) is 0 Å². The fraction of sp³-hybridized carbons (Fsp3) is 0.393. The summed E-state index contributed by atoms with van der Waals surface area (Å²) >= 11 is 6.09. The molecule has 2 aromatic heterocycles. The zero-order chi connectivity index (χ0) is 28.3. The molecule has 1 amide bonds. The number of aromatic nitrogens is 3. The quantitative estimate of drug-likeness (QED) is 0.304. The number of hydrogen-bond donors (Lipinski definition) is 0. The van der Waals surface area contributed by atoms with Crippen LogP contribution in [0.5, 0.6) is 0 Å². The van der Waals surface area contributed by atoms with Crippen LogP contribution >= 0.6 is 11.6 Å². The van der Waals surface area contributed by atoms with E-state index in [0.717, 1.165) is 33.7 Å². The number of hydrogen-bond acceptors (Lipinski definition) is 6. The van der Waals surface area contributed by atoms with Gasteiger partial charge in [0.05, 0.1) is 34.0 Å². The molecule has 2 fully saturated rings. The largest absolute Gasteiger partial charge is 0.361 e. The average Bonchev–Trinajstić information content (AvgIpc) is 3.59. The Morgan fingerprint density at radius 1 is 1.07 bits per heavy atom. The maximum Gasteiger partial charge on any atom is 0.227 e. The summed E-state index contributed by atoms with van der Waals surface area (Å²) in [4.78, 5) is 19.9. The van der Waals surface area contributed by atoms with Crippen molar-refractivity contribution in [3.05, 3.63) is 64.5 Å². The summed E-state index contributed by atoms with van der Waals surface area (Å²) in [6.45, 7) is 4.57. The number of sulfonamides is 1. The Labute approximate surface area is 236 Å². The number of nitrogens with zero attached hydrogens (tertiary/aromatic N) is 5. The predicted octanol–water partition coefficient (Wildman–Crippen LogP) is 5.57. The number of carbonyl (C=O) groups is 1. The summed E-state index contributed by atoms with van der Waals surface area (Å²) in [5.41, 5.74) is 4.80. The second kappa shape index (κ2) is 9.97. The van der Waals surface area contributed by atoms with E-state index in [1.807, 2.05) is 32.0 Å². The van der Waals surface area contributed by atoms with Crippen LogP contribution in [0.3, 0.4) is 0 Å². The van der Waals surface area contributed by atoms with Gasteiger partial charge in [-0.2, -0.15) is 0 Å². The standard InChI is InChI=1S/C28H29ClFN5O4S/c1-16-27(17(2)39-32-16)18-4-7-24-23(14-18)31-28(35(24)19-10-12-33(13-11-19)40(3,37)38)25-8-9-26(36)34(25)20-5-6-22(30)21(29)15-20/h4-7,14-15,19,25H,8-13H2,1-3H3/t25-/m0/s1. The van der Waals surface area contributed by atoms with Crippen molar-refractivity contribution in [2.45, 2.75) is 51.6 Å². The highest BCUT2D eigenvalue weighted by Gasteiger charge is 2.39. The van der Waals surface area contributed by atoms with E-state index in [1.165, 1.54) is 22.7 Å². The van der Waals surface area contributed by atoms with Crippen LogP contribution in [0.1, 0.15) is 55.0 Å². The normalized spacial score (nSPS) is 19.3. The van der Waals surface area contributed by atoms with E-state index in [-0.39, 0.29) is 17.0 Å². The zero-order valence-corrected chi connectivity index (χ0v) is 24.0. The molecule has 0 unspecified atom stereocenters. The van der Waals surface area contributed by atoms with Crippen LogP contribution in [-0.4, -0.2) is 52.7 Å². The van der Waals surface area contributed by atoms with E-state index in [4.69, 9.17) is 21.1 Å². The SMILES string of the molecule is Cc1noc(C)c1-c1ccc2c(c1)nc([C@@H]1CCC(=O)N1c1ccc(F)c(Cl)c1)n2C1CCN(S(C)(=O)=O)CC1.